The number of primary amides is 1. The molecule has 2 aromatic carbocycles. The van der Waals surface area contributed by atoms with Gasteiger partial charge in [-0.3, -0.25) is 0 Å². The van der Waals surface area contributed by atoms with E-state index in [2.05, 4.69) is 0 Å². The quantitative estimate of drug-likeness (QED) is 0.784. The first kappa shape index (κ1) is 20.7. The van der Waals surface area contributed by atoms with Crippen LogP contribution in [0, 0.1) is 5.41 Å². The van der Waals surface area contributed by atoms with Gasteiger partial charge in [0.05, 0.1) is 0 Å². The van der Waals surface area contributed by atoms with Gasteiger partial charge in [0.2, 0.25) is 0 Å². The topological polar surface area (TPSA) is 70.8 Å². The first-order chi connectivity index (χ1) is 12.4. The van der Waals surface area contributed by atoms with Crippen LogP contribution in [-0.4, -0.2) is 31.6 Å². The second-order valence-corrected chi connectivity index (χ2v) is 7.18. The van der Waals surface area contributed by atoms with E-state index in [1.807, 2.05) is 20.8 Å². The fourth-order valence-electron chi connectivity index (χ4n) is 2.32. The minimum absolute atomic E-state index is 0.116. The Morgan fingerprint density at radius 1 is 1.00 bits per heavy atom. The second kappa shape index (κ2) is 7.94. The van der Waals surface area contributed by atoms with Crippen LogP contribution in [0.3, 0.4) is 0 Å². The number of hydrogen-bond donors (Lipinski definition) is 1. The SMILES string of the molecule is CC(C)(C)C(COc1ccc2cc(OCC(F)(F)F)ccc2c1)OC(N)=O. The summed E-state index contributed by atoms with van der Waals surface area (Å²) in [5.41, 5.74) is 4.74. The van der Waals surface area contributed by atoms with Crippen molar-refractivity contribution in [2.24, 2.45) is 11.1 Å². The number of amides is 1. The highest BCUT2D eigenvalue weighted by atomic mass is 19.4. The van der Waals surface area contributed by atoms with Gasteiger partial charge in [-0.1, -0.05) is 32.9 Å². The predicted octanol–water partition coefficient (Wildman–Crippen LogP) is 4.67. The third-order valence-corrected chi connectivity index (χ3v) is 3.81. The van der Waals surface area contributed by atoms with E-state index in [0.717, 1.165) is 5.39 Å². The van der Waals surface area contributed by atoms with E-state index in [-0.39, 0.29) is 17.8 Å². The Hall–Kier alpha value is -2.64. The van der Waals surface area contributed by atoms with Crippen LogP contribution in [-0.2, 0) is 4.74 Å². The normalized spacial score (nSPS) is 13.3. The lowest BCUT2D eigenvalue weighted by Gasteiger charge is -2.29. The number of benzene rings is 2. The number of carbonyl (C=O) groups excluding carboxylic acids is 1. The fourth-order valence-corrected chi connectivity index (χ4v) is 2.32. The molecule has 8 heteroatoms. The van der Waals surface area contributed by atoms with E-state index >= 15 is 0 Å². The smallest absolute Gasteiger partial charge is 0.422 e. The Bertz CT molecular complexity index is 800. The number of nitrogens with two attached hydrogens (primary N) is 1. The monoisotopic (exact) mass is 385 g/mol. The van der Waals surface area contributed by atoms with Crippen molar-refractivity contribution in [3.8, 4) is 11.5 Å². The van der Waals surface area contributed by atoms with Crippen molar-refractivity contribution in [3.63, 3.8) is 0 Å². The van der Waals surface area contributed by atoms with Gasteiger partial charge in [0, 0.05) is 5.41 Å². The van der Waals surface area contributed by atoms with Crippen molar-refractivity contribution < 1.29 is 32.2 Å². The Morgan fingerprint density at radius 2 is 1.52 bits per heavy atom. The molecule has 0 heterocycles. The third-order valence-electron chi connectivity index (χ3n) is 3.81. The molecule has 0 aromatic heterocycles. The number of hydrogen-bond acceptors (Lipinski definition) is 4. The highest BCUT2D eigenvalue weighted by molar-refractivity contribution is 5.85. The highest BCUT2D eigenvalue weighted by Gasteiger charge is 2.29. The molecule has 1 atom stereocenters. The lowest BCUT2D eigenvalue weighted by atomic mass is 9.89. The predicted molar refractivity (Wildman–Crippen MR) is 94.9 cm³/mol. The van der Waals surface area contributed by atoms with Crippen molar-refractivity contribution in [2.75, 3.05) is 13.2 Å². The molecule has 5 nitrogen and oxygen atoms in total. The average Bonchev–Trinajstić information content (AvgIpc) is 2.54. The van der Waals surface area contributed by atoms with Crippen LogP contribution < -0.4 is 15.2 Å². The van der Waals surface area contributed by atoms with Gasteiger partial charge >= 0.3 is 12.3 Å². The van der Waals surface area contributed by atoms with Crippen LogP contribution in [0.1, 0.15) is 20.8 Å². The maximum atomic E-state index is 12.2. The molecule has 0 aliphatic carbocycles. The van der Waals surface area contributed by atoms with Gasteiger partial charge in [0.25, 0.3) is 0 Å². The van der Waals surface area contributed by atoms with Gasteiger partial charge < -0.3 is 19.9 Å². The molecule has 0 fully saturated rings. The summed E-state index contributed by atoms with van der Waals surface area (Å²) in [6, 6.07) is 9.78. The zero-order valence-corrected chi connectivity index (χ0v) is 15.3. The van der Waals surface area contributed by atoms with E-state index in [4.69, 9.17) is 19.9 Å². The van der Waals surface area contributed by atoms with Crippen molar-refractivity contribution in [3.05, 3.63) is 36.4 Å². The van der Waals surface area contributed by atoms with Crippen LogP contribution in [0.4, 0.5) is 18.0 Å². The maximum absolute atomic E-state index is 12.2. The maximum Gasteiger partial charge on any atom is 0.422 e. The Balaban J connectivity index is 2.08. The Kier molecular flexibility index (Phi) is 6.08. The van der Waals surface area contributed by atoms with Crippen molar-refractivity contribution in [2.45, 2.75) is 33.1 Å². The number of carbonyl (C=O) groups is 1. The molecule has 0 radical (unpaired) electrons. The van der Waals surface area contributed by atoms with Gasteiger partial charge in [-0.25, -0.2) is 4.79 Å². The van der Waals surface area contributed by atoms with E-state index < -0.39 is 25.0 Å². The molecule has 2 aromatic rings. The van der Waals surface area contributed by atoms with Crippen LogP contribution >= 0.6 is 0 Å². The van der Waals surface area contributed by atoms with Crippen molar-refractivity contribution in [1.29, 1.82) is 0 Å². The molecule has 0 aliphatic heterocycles. The summed E-state index contributed by atoms with van der Waals surface area (Å²) >= 11 is 0. The van der Waals surface area contributed by atoms with E-state index in [1.165, 1.54) is 12.1 Å². The first-order valence-corrected chi connectivity index (χ1v) is 8.26. The molecule has 148 valence electrons. The summed E-state index contributed by atoms with van der Waals surface area (Å²) in [5.74, 6) is 0.671. The van der Waals surface area contributed by atoms with E-state index in [9.17, 15) is 18.0 Å². The second-order valence-electron chi connectivity index (χ2n) is 7.18. The minimum Gasteiger partial charge on any atom is -0.490 e. The Labute approximate surface area is 155 Å². The minimum atomic E-state index is -4.39. The average molecular weight is 385 g/mol. The van der Waals surface area contributed by atoms with E-state index in [1.54, 1.807) is 24.3 Å². The number of alkyl halides is 3. The molecule has 0 saturated carbocycles. The third kappa shape index (κ3) is 6.54. The molecule has 1 amide bonds. The van der Waals surface area contributed by atoms with Crippen molar-refractivity contribution >= 4 is 16.9 Å². The highest BCUT2D eigenvalue weighted by Crippen LogP contribution is 2.28. The van der Waals surface area contributed by atoms with Crippen LogP contribution in [0.25, 0.3) is 10.8 Å². The summed E-state index contributed by atoms with van der Waals surface area (Å²) in [5, 5.41) is 1.48. The molecular formula is C19H22F3NO4. The standard InChI is InChI=1S/C19H22F3NO4/c1-18(2,3)16(27-17(23)24)10-25-14-6-4-13-9-15(7-5-12(13)8-14)26-11-19(20,21)22/h4-9,16H,10-11H2,1-3H3,(H2,23,24). The zero-order valence-electron chi connectivity index (χ0n) is 15.3. The number of fused-ring (bicyclic) bond motifs is 1. The molecule has 0 spiro atoms. The Morgan fingerprint density at radius 3 is 1.96 bits per heavy atom. The molecule has 0 aliphatic rings. The van der Waals surface area contributed by atoms with Crippen molar-refractivity contribution in [1.82, 2.24) is 0 Å². The van der Waals surface area contributed by atoms with Gasteiger partial charge in [-0.15, -0.1) is 0 Å². The molecule has 0 bridgehead atoms. The zero-order chi connectivity index (χ0) is 20.2. The van der Waals surface area contributed by atoms with E-state index in [0.29, 0.717) is 11.1 Å². The molecule has 0 saturated heterocycles. The van der Waals surface area contributed by atoms with Crippen LogP contribution in [0.2, 0.25) is 0 Å². The van der Waals surface area contributed by atoms with Gasteiger partial charge in [0.15, 0.2) is 6.61 Å². The molecule has 2 N–H and O–H groups in total. The number of ether oxygens (including phenoxy) is 3. The van der Waals surface area contributed by atoms with Gasteiger partial charge in [-0.05, 0) is 35.0 Å². The van der Waals surface area contributed by atoms with Crippen LogP contribution in [0.15, 0.2) is 36.4 Å². The number of rotatable bonds is 6. The van der Waals surface area contributed by atoms with Crippen LogP contribution in [0.5, 0.6) is 11.5 Å². The number of halogens is 3. The molecule has 27 heavy (non-hydrogen) atoms. The fraction of sp³-hybridized carbons (Fsp3) is 0.421. The largest absolute Gasteiger partial charge is 0.490 e. The lowest BCUT2D eigenvalue weighted by Crippen LogP contribution is -2.38. The summed E-state index contributed by atoms with van der Waals surface area (Å²) in [6.45, 7) is 4.46. The van der Waals surface area contributed by atoms with Gasteiger partial charge in [-0.2, -0.15) is 13.2 Å². The van der Waals surface area contributed by atoms with Gasteiger partial charge in [0.1, 0.15) is 24.2 Å². The molecule has 1 unspecified atom stereocenters. The lowest BCUT2D eigenvalue weighted by molar-refractivity contribution is -0.153. The first-order valence-electron chi connectivity index (χ1n) is 8.26. The summed E-state index contributed by atoms with van der Waals surface area (Å²) in [7, 11) is 0. The summed E-state index contributed by atoms with van der Waals surface area (Å²) in [6.07, 6.45) is -5.80. The molecule has 2 rings (SSSR count). The summed E-state index contributed by atoms with van der Waals surface area (Å²) < 4.78 is 52.3. The summed E-state index contributed by atoms with van der Waals surface area (Å²) in [4.78, 5) is 11.1. The molecular weight excluding hydrogens is 363 g/mol.